The molecule has 1 unspecified atom stereocenters. The average molecular weight is 434 g/mol. The number of hydrogen-bond acceptors (Lipinski definition) is 5. The second-order valence-corrected chi connectivity index (χ2v) is 9.80. The zero-order valence-electron chi connectivity index (χ0n) is 16.2. The molecule has 0 aliphatic rings. The van der Waals surface area contributed by atoms with E-state index in [9.17, 15) is 13.7 Å². The minimum absolute atomic E-state index is 0.206. The Morgan fingerprint density at radius 1 is 1.07 bits per heavy atom. The minimum Gasteiger partial charge on any atom is -0.239 e. The van der Waals surface area contributed by atoms with E-state index < -0.39 is 16.1 Å². The summed E-state index contributed by atoms with van der Waals surface area (Å²) in [5, 5.41) is 9.89. The summed E-state index contributed by atoms with van der Waals surface area (Å²) in [7, 11) is -3.74. The summed E-state index contributed by atoms with van der Waals surface area (Å²) in [5.41, 5.74) is 3.36. The SMILES string of the molecule is Cc1ccc2sc(C(Cc3cccc(C#N)c3)NS(=O)(=O)c3ccccc3)nc2c1. The number of fused-ring (bicyclic) bond motifs is 1. The van der Waals surface area contributed by atoms with Gasteiger partial charge in [-0.05, 0) is 60.9 Å². The van der Waals surface area contributed by atoms with Crippen LogP contribution < -0.4 is 4.72 Å². The van der Waals surface area contributed by atoms with E-state index in [2.05, 4.69) is 10.8 Å². The van der Waals surface area contributed by atoms with Gasteiger partial charge in [-0.15, -0.1) is 11.3 Å². The molecular formula is C23H19N3O2S2. The molecule has 5 nitrogen and oxygen atoms in total. The van der Waals surface area contributed by atoms with Crippen LogP contribution in [0.3, 0.4) is 0 Å². The number of hydrogen-bond donors (Lipinski definition) is 1. The first-order valence-electron chi connectivity index (χ1n) is 9.38. The Hall–Kier alpha value is -3.05. The van der Waals surface area contributed by atoms with Crippen LogP contribution in [0.15, 0.2) is 77.7 Å². The van der Waals surface area contributed by atoms with Crippen molar-refractivity contribution in [2.24, 2.45) is 0 Å². The fourth-order valence-corrected chi connectivity index (χ4v) is 5.54. The minimum atomic E-state index is -3.74. The summed E-state index contributed by atoms with van der Waals surface area (Å²) >= 11 is 1.48. The summed E-state index contributed by atoms with van der Waals surface area (Å²) in [6.45, 7) is 2.00. The van der Waals surface area contributed by atoms with E-state index in [1.54, 1.807) is 48.5 Å². The Morgan fingerprint density at radius 2 is 1.87 bits per heavy atom. The topological polar surface area (TPSA) is 82.9 Å². The van der Waals surface area contributed by atoms with Gasteiger partial charge in [-0.1, -0.05) is 36.4 Å². The third-order valence-electron chi connectivity index (χ3n) is 4.70. The van der Waals surface area contributed by atoms with Gasteiger partial charge in [0.05, 0.1) is 32.8 Å². The fraction of sp³-hybridized carbons (Fsp3) is 0.130. The lowest BCUT2D eigenvalue weighted by molar-refractivity contribution is 0.554. The van der Waals surface area contributed by atoms with Gasteiger partial charge in [0, 0.05) is 0 Å². The van der Waals surface area contributed by atoms with Crippen LogP contribution in [0.4, 0.5) is 0 Å². The number of aryl methyl sites for hydroxylation is 1. The molecule has 1 atom stereocenters. The van der Waals surface area contributed by atoms with Crippen LogP contribution in [0, 0.1) is 18.3 Å². The van der Waals surface area contributed by atoms with Crippen molar-refractivity contribution >= 4 is 31.6 Å². The summed E-state index contributed by atoms with van der Waals surface area (Å²) in [5.74, 6) is 0. The number of sulfonamides is 1. The molecule has 0 bridgehead atoms. The molecular weight excluding hydrogens is 414 g/mol. The molecule has 4 rings (SSSR count). The number of nitriles is 1. The van der Waals surface area contributed by atoms with Gasteiger partial charge in [-0.2, -0.15) is 5.26 Å². The Kier molecular flexibility index (Phi) is 5.64. The van der Waals surface area contributed by atoms with Gasteiger partial charge in [0.1, 0.15) is 5.01 Å². The molecule has 4 aromatic rings. The summed E-state index contributed by atoms with van der Waals surface area (Å²) < 4.78 is 29.9. The van der Waals surface area contributed by atoms with E-state index in [4.69, 9.17) is 4.98 Å². The molecule has 3 aromatic carbocycles. The standard InChI is InChI=1S/C23H19N3O2S2/c1-16-10-11-22-20(12-16)25-23(29-22)21(14-17-6-5-7-18(13-17)15-24)26-30(27,28)19-8-3-2-4-9-19/h2-13,21,26H,14H2,1H3. The van der Waals surface area contributed by atoms with Crippen LogP contribution in [-0.2, 0) is 16.4 Å². The highest BCUT2D eigenvalue weighted by Crippen LogP contribution is 2.30. The number of nitrogens with zero attached hydrogens (tertiary/aromatic N) is 2. The molecule has 7 heteroatoms. The molecule has 30 heavy (non-hydrogen) atoms. The van der Waals surface area contributed by atoms with Crippen molar-refractivity contribution in [1.29, 1.82) is 5.26 Å². The Balaban J connectivity index is 1.74. The summed E-state index contributed by atoms with van der Waals surface area (Å²) in [4.78, 5) is 4.92. The molecule has 1 N–H and O–H groups in total. The quantitative estimate of drug-likeness (QED) is 0.476. The van der Waals surface area contributed by atoms with Gasteiger partial charge < -0.3 is 0 Å². The zero-order valence-corrected chi connectivity index (χ0v) is 17.9. The second kappa shape index (κ2) is 8.36. The maximum Gasteiger partial charge on any atom is 0.241 e. The van der Waals surface area contributed by atoms with Gasteiger partial charge in [-0.25, -0.2) is 18.1 Å². The van der Waals surface area contributed by atoms with Gasteiger partial charge in [0.15, 0.2) is 0 Å². The molecule has 0 saturated heterocycles. The molecule has 1 aromatic heterocycles. The van der Waals surface area contributed by atoms with Gasteiger partial charge in [0.2, 0.25) is 10.0 Å². The van der Waals surface area contributed by atoms with Gasteiger partial charge in [-0.3, -0.25) is 0 Å². The monoisotopic (exact) mass is 433 g/mol. The summed E-state index contributed by atoms with van der Waals surface area (Å²) in [6.07, 6.45) is 0.389. The first-order chi connectivity index (χ1) is 14.4. The molecule has 150 valence electrons. The molecule has 1 heterocycles. The van der Waals surface area contributed by atoms with Crippen LogP contribution in [0.5, 0.6) is 0 Å². The van der Waals surface area contributed by atoms with E-state index in [1.807, 2.05) is 31.2 Å². The lowest BCUT2D eigenvalue weighted by Crippen LogP contribution is -2.30. The Labute approximate surface area is 179 Å². The van der Waals surface area contributed by atoms with E-state index in [1.165, 1.54) is 11.3 Å². The Bertz CT molecular complexity index is 1340. The molecule has 0 aliphatic heterocycles. The van der Waals surface area contributed by atoms with Gasteiger partial charge in [0.25, 0.3) is 0 Å². The van der Waals surface area contributed by atoms with Crippen LogP contribution in [-0.4, -0.2) is 13.4 Å². The van der Waals surface area contributed by atoms with Crippen molar-refractivity contribution in [3.63, 3.8) is 0 Å². The highest BCUT2D eigenvalue weighted by Gasteiger charge is 2.24. The normalized spacial score (nSPS) is 12.5. The van der Waals surface area contributed by atoms with Crippen molar-refractivity contribution in [3.8, 4) is 6.07 Å². The van der Waals surface area contributed by atoms with E-state index in [0.717, 1.165) is 21.3 Å². The molecule has 0 saturated carbocycles. The molecule has 0 radical (unpaired) electrons. The predicted molar refractivity (Wildman–Crippen MR) is 119 cm³/mol. The third kappa shape index (κ3) is 4.41. The van der Waals surface area contributed by atoms with Crippen molar-refractivity contribution in [1.82, 2.24) is 9.71 Å². The molecule has 0 aliphatic carbocycles. The van der Waals surface area contributed by atoms with E-state index in [-0.39, 0.29) is 4.90 Å². The first kappa shape index (κ1) is 20.2. The largest absolute Gasteiger partial charge is 0.241 e. The molecule has 0 amide bonds. The van der Waals surface area contributed by atoms with E-state index >= 15 is 0 Å². The lowest BCUT2D eigenvalue weighted by Gasteiger charge is -2.17. The number of rotatable bonds is 6. The molecule has 0 spiro atoms. The van der Waals surface area contributed by atoms with Crippen molar-refractivity contribution in [2.75, 3.05) is 0 Å². The second-order valence-electron chi connectivity index (χ2n) is 7.03. The number of thiazole rings is 1. The number of benzene rings is 3. The summed E-state index contributed by atoms with van der Waals surface area (Å²) in [6, 6.07) is 23.1. The van der Waals surface area contributed by atoms with Crippen LogP contribution in [0.1, 0.15) is 27.7 Å². The smallest absolute Gasteiger partial charge is 0.239 e. The predicted octanol–water partition coefficient (Wildman–Crippen LogP) is 4.74. The van der Waals surface area contributed by atoms with Gasteiger partial charge >= 0.3 is 0 Å². The van der Waals surface area contributed by atoms with Crippen LogP contribution >= 0.6 is 11.3 Å². The van der Waals surface area contributed by atoms with Crippen molar-refractivity contribution in [3.05, 3.63) is 94.5 Å². The average Bonchev–Trinajstić information content (AvgIpc) is 3.17. The van der Waals surface area contributed by atoms with Crippen molar-refractivity contribution < 1.29 is 8.42 Å². The number of nitrogens with one attached hydrogen (secondary N) is 1. The Morgan fingerprint density at radius 3 is 2.63 bits per heavy atom. The number of aromatic nitrogens is 1. The third-order valence-corrected chi connectivity index (χ3v) is 7.34. The fourth-order valence-electron chi connectivity index (χ4n) is 3.24. The first-order valence-corrected chi connectivity index (χ1v) is 11.7. The lowest BCUT2D eigenvalue weighted by atomic mass is 10.0. The van der Waals surface area contributed by atoms with Crippen molar-refractivity contribution in [2.45, 2.75) is 24.3 Å². The van der Waals surface area contributed by atoms with Crippen LogP contribution in [0.25, 0.3) is 10.2 Å². The van der Waals surface area contributed by atoms with Crippen LogP contribution in [0.2, 0.25) is 0 Å². The van der Waals surface area contributed by atoms with E-state index in [0.29, 0.717) is 17.0 Å². The maximum absolute atomic E-state index is 13.0. The highest BCUT2D eigenvalue weighted by molar-refractivity contribution is 7.89. The highest BCUT2D eigenvalue weighted by atomic mass is 32.2. The maximum atomic E-state index is 13.0. The molecule has 0 fully saturated rings. The zero-order chi connectivity index (χ0) is 21.1.